The first-order chi connectivity index (χ1) is 18.1. The van der Waals surface area contributed by atoms with Crippen LogP contribution in [0.5, 0.6) is 11.5 Å². The predicted molar refractivity (Wildman–Crippen MR) is 146 cm³/mol. The van der Waals surface area contributed by atoms with Crippen LogP contribution in [0.3, 0.4) is 0 Å². The summed E-state index contributed by atoms with van der Waals surface area (Å²) in [6.07, 6.45) is 2.95. The molecular weight excluding hydrogens is 486 g/mol. The van der Waals surface area contributed by atoms with Crippen molar-refractivity contribution in [2.75, 3.05) is 44.5 Å². The summed E-state index contributed by atoms with van der Waals surface area (Å²) in [6, 6.07) is 14.3. The van der Waals surface area contributed by atoms with Crippen molar-refractivity contribution in [3.8, 4) is 11.5 Å². The van der Waals surface area contributed by atoms with Crippen molar-refractivity contribution in [2.24, 2.45) is 0 Å². The maximum Gasteiger partial charge on any atom is 0.231 e. The van der Waals surface area contributed by atoms with Crippen molar-refractivity contribution < 1.29 is 14.2 Å². The van der Waals surface area contributed by atoms with Crippen LogP contribution in [0.25, 0.3) is 0 Å². The van der Waals surface area contributed by atoms with Gasteiger partial charge in [-0.05, 0) is 68.4 Å². The van der Waals surface area contributed by atoms with Gasteiger partial charge in [-0.25, -0.2) is 0 Å². The van der Waals surface area contributed by atoms with E-state index >= 15 is 0 Å². The molecule has 1 N–H and O–H groups in total. The molecule has 0 radical (unpaired) electrons. The van der Waals surface area contributed by atoms with Gasteiger partial charge in [0.1, 0.15) is 0 Å². The highest BCUT2D eigenvalue weighted by Gasteiger charge is 2.42. The Morgan fingerprint density at radius 2 is 1.86 bits per heavy atom. The van der Waals surface area contributed by atoms with Crippen molar-refractivity contribution in [3.05, 3.63) is 71.3 Å². The molecule has 9 heteroatoms. The van der Waals surface area contributed by atoms with E-state index < -0.39 is 0 Å². The first kappa shape index (κ1) is 24.2. The highest BCUT2D eigenvalue weighted by atomic mass is 32.1. The van der Waals surface area contributed by atoms with Crippen LogP contribution in [0.2, 0.25) is 0 Å². The number of thiocarbonyl (C=S) groups is 1. The lowest BCUT2D eigenvalue weighted by Gasteiger charge is -2.28. The quantitative estimate of drug-likeness (QED) is 0.468. The van der Waals surface area contributed by atoms with Gasteiger partial charge < -0.3 is 29.0 Å². The van der Waals surface area contributed by atoms with E-state index in [0.29, 0.717) is 5.11 Å². The Hall–Kier alpha value is -3.14. The Balaban J connectivity index is 1.33. The number of benzene rings is 1. The molecule has 0 spiro atoms. The van der Waals surface area contributed by atoms with Crippen LogP contribution in [0, 0.1) is 13.8 Å². The lowest BCUT2D eigenvalue weighted by Crippen LogP contribution is -2.37. The maximum atomic E-state index is 5.92. The fourth-order valence-electron chi connectivity index (χ4n) is 5.73. The third kappa shape index (κ3) is 4.67. The first-order valence-corrected chi connectivity index (χ1v) is 13.4. The zero-order chi connectivity index (χ0) is 25.4. The molecule has 6 rings (SSSR count). The largest absolute Gasteiger partial charge is 0.454 e. The summed E-state index contributed by atoms with van der Waals surface area (Å²) in [5, 5.41) is 4.25. The van der Waals surface area contributed by atoms with Gasteiger partial charge >= 0.3 is 0 Å². The number of aromatic nitrogens is 2. The summed E-state index contributed by atoms with van der Waals surface area (Å²) < 4.78 is 19.2. The third-order valence-electron chi connectivity index (χ3n) is 7.62. The van der Waals surface area contributed by atoms with Gasteiger partial charge in [-0.3, -0.25) is 9.88 Å². The van der Waals surface area contributed by atoms with Gasteiger partial charge in [0.25, 0.3) is 0 Å². The Bertz CT molecular complexity index is 1270. The molecule has 37 heavy (non-hydrogen) atoms. The molecular formula is C28H33N5O3S. The van der Waals surface area contributed by atoms with Crippen LogP contribution < -0.4 is 19.7 Å². The van der Waals surface area contributed by atoms with Crippen LogP contribution >= 0.6 is 12.2 Å². The normalized spacial score (nSPS) is 21.5. The van der Waals surface area contributed by atoms with Gasteiger partial charge in [0, 0.05) is 55.5 Å². The highest BCUT2D eigenvalue weighted by molar-refractivity contribution is 7.80. The molecule has 2 saturated heterocycles. The van der Waals surface area contributed by atoms with Crippen molar-refractivity contribution in [2.45, 2.75) is 38.9 Å². The molecule has 8 nitrogen and oxygen atoms in total. The standard InChI is InChI=1S/C28H33N5O3S/c1-19-16-22(20(2)32(19)11-5-10-31-12-14-34-15-13-31)27-26(23-6-3-4-9-29-23)30-28(37)33(27)21-7-8-24-25(17-21)36-18-35-24/h3-4,6-9,16-17,26-27H,5,10-15,18H2,1-2H3,(H,30,37). The van der Waals surface area contributed by atoms with Crippen LogP contribution in [0.15, 0.2) is 48.7 Å². The molecule has 5 heterocycles. The van der Waals surface area contributed by atoms with Crippen molar-refractivity contribution >= 4 is 23.0 Å². The van der Waals surface area contributed by atoms with Crippen LogP contribution in [-0.4, -0.2) is 59.2 Å². The number of anilines is 1. The van der Waals surface area contributed by atoms with Gasteiger partial charge in [-0.1, -0.05) is 6.07 Å². The fraction of sp³-hybridized carbons (Fsp3) is 0.429. The number of rotatable bonds is 7. The number of nitrogens with zero attached hydrogens (tertiary/aromatic N) is 4. The number of fused-ring (bicyclic) bond motifs is 1. The molecule has 194 valence electrons. The third-order valence-corrected chi connectivity index (χ3v) is 7.94. The molecule has 2 unspecified atom stereocenters. The van der Waals surface area contributed by atoms with E-state index in [-0.39, 0.29) is 18.9 Å². The van der Waals surface area contributed by atoms with Gasteiger partial charge in [0.2, 0.25) is 6.79 Å². The number of hydrogen-bond donors (Lipinski definition) is 1. The average molecular weight is 520 g/mol. The average Bonchev–Trinajstić information content (AvgIpc) is 3.61. The lowest BCUT2D eigenvalue weighted by atomic mass is 9.96. The van der Waals surface area contributed by atoms with Crippen LogP contribution in [-0.2, 0) is 11.3 Å². The van der Waals surface area contributed by atoms with Crippen LogP contribution in [0.4, 0.5) is 5.69 Å². The van der Waals surface area contributed by atoms with E-state index in [1.54, 1.807) is 0 Å². The van der Waals surface area contributed by atoms with Gasteiger partial charge in [-0.15, -0.1) is 0 Å². The molecule has 3 aromatic rings. The number of aryl methyl sites for hydroxylation is 1. The van der Waals surface area contributed by atoms with E-state index in [9.17, 15) is 0 Å². The zero-order valence-electron chi connectivity index (χ0n) is 21.4. The molecule has 2 fully saturated rings. The lowest BCUT2D eigenvalue weighted by molar-refractivity contribution is 0.0369. The van der Waals surface area contributed by atoms with Crippen molar-refractivity contribution in [1.82, 2.24) is 19.8 Å². The second-order valence-corrected chi connectivity index (χ2v) is 10.2. The fourth-order valence-corrected chi connectivity index (χ4v) is 6.08. The van der Waals surface area contributed by atoms with Crippen molar-refractivity contribution in [3.63, 3.8) is 0 Å². The van der Waals surface area contributed by atoms with E-state index in [0.717, 1.165) is 68.7 Å². The Labute approximate surface area is 223 Å². The first-order valence-electron chi connectivity index (χ1n) is 13.0. The van der Waals surface area contributed by atoms with E-state index in [2.05, 4.69) is 51.7 Å². The summed E-state index contributed by atoms with van der Waals surface area (Å²) in [5.74, 6) is 1.51. The summed E-state index contributed by atoms with van der Waals surface area (Å²) in [4.78, 5) is 9.40. The predicted octanol–water partition coefficient (Wildman–Crippen LogP) is 4.13. The topological polar surface area (TPSA) is 64.0 Å². The molecule has 3 aliphatic rings. The Kier molecular flexibility index (Phi) is 6.75. The summed E-state index contributed by atoms with van der Waals surface area (Å²) >= 11 is 5.92. The molecule has 3 aliphatic heterocycles. The van der Waals surface area contributed by atoms with E-state index in [1.165, 1.54) is 17.0 Å². The smallest absolute Gasteiger partial charge is 0.231 e. The monoisotopic (exact) mass is 519 g/mol. The second kappa shape index (κ2) is 10.3. The number of hydrogen-bond acceptors (Lipinski definition) is 6. The minimum absolute atomic E-state index is 0.0537. The highest BCUT2D eigenvalue weighted by Crippen LogP contribution is 2.45. The second-order valence-electron chi connectivity index (χ2n) is 9.82. The molecule has 2 atom stereocenters. The van der Waals surface area contributed by atoms with Crippen LogP contribution in [0.1, 0.15) is 41.1 Å². The molecule has 0 saturated carbocycles. The van der Waals surface area contributed by atoms with Gasteiger partial charge in [-0.2, -0.15) is 0 Å². The number of morpholine rings is 1. The number of pyridine rings is 1. The Morgan fingerprint density at radius 1 is 1.03 bits per heavy atom. The molecule has 0 aliphatic carbocycles. The summed E-state index contributed by atoms with van der Waals surface area (Å²) in [6.45, 7) is 10.5. The minimum atomic E-state index is -0.0820. The van der Waals surface area contributed by atoms with Gasteiger partial charge in [0.05, 0.1) is 31.0 Å². The molecule has 0 bridgehead atoms. The van der Waals surface area contributed by atoms with Crippen molar-refractivity contribution in [1.29, 1.82) is 0 Å². The molecule has 2 aromatic heterocycles. The van der Waals surface area contributed by atoms with Gasteiger partial charge in [0.15, 0.2) is 16.6 Å². The molecule has 1 aromatic carbocycles. The Morgan fingerprint density at radius 3 is 2.68 bits per heavy atom. The maximum absolute atomic E-state index is 5.92. The minimum Gasteiger partial charge on any atom is -0.454 e. The van der Waals surface area contributed by atoms with E-state index in [1.807, 2.05) is 30.5 Å². The summed E-state index contributed by atoms with van der Waals surface area (Å²) in [7, 11) is 0. The zero-order valence-corrected chi connectivity index (χ0v) is 22.2. The van der Waals surface area contributed by atoms with E-state index in [4.69, 9.17) is 31.4 Å². The SMILES string of the molecule is Cc1cc(C2C(c3ccccn3)NC(=S)N2c2ccc3c(c2)OCO3)c(C)n1CCCN1CCOCC1. The number of nitrogens with one attached hydrogen (secondary N) is 1. The molecule has 0 amide bonds. The number of ether oxygens (including phenoxy) is 3. The summed E-state index contributed by atoms with van der Waals surface area (Å²) in [5.41, 5.74) is 5.72.